The highest BCUT2D eigenvalue weighted by molar-refractivity contribution is 5.53. The van der Waals surface area contributed by atoms with Crippen LogP contribution in [0.5, 0.6) is 17.2 Å². The molecule has 1 aromatic heterocycles. The van der Waals surface area contributed by atoms with E-state index in [1.54, 1.807) is 6.07 Å². The molecule has 4 N–H and O–H groups in total. The quantitative estimate of drug-likeness (QED) is 0.625. The highest BCUT2D eigenvalue weighted by Crippen LogP contribution is 2.38. The monoisotopic (exact) mass is 343 g/mol. The van der Waals surface area contributed by atoms with E-state index in [0.29, 0.717) is 37.5 Å². The first-order chi connectivity index (χ1) is 12.0. The van der Waals surface area contributed by atoms with Crippen molar-refractivity contribution in [3.8, 4) is 17.2 Å². The molecular weight excluding hydrogens is 322 g/mol. The lowest BCUT2D eigenvalue weighted by atomic mass is 10.0. The summed E-state index contributed by atoms with van der Waals surface area (Å²) in [7, 11) is 0. The molecule has 2 aromatic rings. The van der Waals surface area contributed by atoms with Crippen LogP contribution in [0.2, 0.25) is 0 Å². The van der Waals surface area contributed by atoms with Gasteiger partial charge in [0.15, 0.2) is 11.5 Å². The van der Waals surface area contributed by atoms with E-state index in [4.69, 9.17) is 0 Å². The summed E-state index contributed by atoms with van der Waals surface area (Å²) in [5, 5.41) is 29.1. The first-order valence-electron chi connectivity index (χ1n) is 8.57. The fourth-order valence-corrected chi connectivity index (χ4v) is 3.35. The fourth-order valence-electron chi connectivity index (χ4n) is 3.35. The van der Waals surface area contributed by atoms with Crippen LogP contribution < -0.4 is 5.56 Å². The number of phenolic OH excluding ortho intramolecular Hbond substituents is 3. The van der Waals surface area contributed by atoms with Crippen molar-refractivity contribution in [1.82, 2.24) is 14.9 Å². The van der Waals surface area contributed by atoms with E-state index in [1.165, 1.54) is 18.9 Å². The van der Waals surface area contributed by atoms with Gasteiger partial charge in [-0.05, 0) is 31.2 Å². The van der Waals surface area contributed by atoms with Crippen LogP contribution in [-0.4, -0.2) is 36.7 Å². The summed E-state index contributed by atoms with van der Waals surface area (Å²) in [6.07, 6.45) is 3.84. The summed E-state index contributed by atoms with van der Waals surface area (Å²) in [5.74, 6) is 0.259. The third-order valence-corrected chi connectivity index (χ3v) is 4.99. The van der Waals surface area contributed by atoms with E-state index in [2.05, 4.69) is 14.9 Å². The van der Waals surface area contributed by atoms with Gasteiger partial charge in [0.2, 0.25) is 5.75 Å². The maximum absolute atomic E-state index is 12.3. The van der Waals surface area contributed by atoms with Crippen molar-refractivity contribution in [3.05, 3.63) is 45.1 Å². The molecule has 0 spiro atoms. The second-order valence-electron chi connectivity index (χ2n) is 6.99. The molecule has 1 aromatic carbocycles. The molecule has 1 fully saturated rings. The fraction of sp³-hybridized carbons (Fsp3) is 0.444. The standard InChI is InChI=1S/C18H21N3O4/c22-14-4-3-11(16(23)17(14)24)8-21-6-5-12-13(9-21)19-15(20-18(12)25)7-10-1-2-10/h3-4,10,22-24H,1-2,5-9H2,(H,19,20,25). The number of aromatic amines is 1. The molecule has 132 valence electrons. The Morgan fingerprint density at radius 2 is 2.00 bits per heavy atom. The van der Waals surface area contributed by atoms with Crippen molar-refractivity contribution in [1.29, 1.82) is 0 Å². The van der Waals surface area contributed by atoms with Gasteiger partial charge < -0.3 is 20.3 Å². The van der Waals surface area contributed by atoms with Crippen LogP contribution in [0.1, 0.15) is 35.5 Å². The summed E-state index contributed by atoms with van der Waals surface area (Å²) >= 11 is 0. The van der Waals surface area contributed by atoms with Gasteiger partial charge in [-0.3, -0.25) is 9.69 Å². The Balaban J connectivity index is 1.55. The lowest BCUT2D eigenvalue weighted by Crippen LogP contribution is -2.35. The maximum Gasteiger partial charge on any atom is 0.254 e. The van der Waals surface area contributed by atoms with Crippen LogP contribution in [0, 0.1) is 5.92 Å². The Kier molecular flexibility index (Phi) is 3.88. The molecule has 25 heavy (non-hydrogen) atoms. The van der Waals surface area contributed by atoms with Crippen molar-refractivity contribution in [2.45, 2.75) is 38.8 Å². The van der Waals surface area contributed by atoms with E-state index < -0.39 is 5.75 Å². The molecule has 0 radical (unpaired) electrons. The van der Waals surface area contributed by atoms with Crippen molar-refractivity contribution >= 4 is 0 Å². The number of nitrogens with one attached hydrogen (secondary N) is 1. The molecule has 7 heteroatoms. The normalized spacial score (nSPS) is 17.4. The summed E-state index contributed by atoms with van der Waals surface area (Å²) in [4.78, 5) is 21.9. The number of aromatic hydroxyl groups is 3. The van der Waals surface area contributed by atoms with Crippen LogP contribution in [0.25, 0.3) is 0 Å². The smallest absolute Gasteiger partial charge is 0.254 e. The minimum Gasteiger partial charge on any atom is -0.504 e. The summed E-state index contributed by atoms with van der Waals surface area (Å²) in [6.45, 7) is 1.60. The van der Waals surface area contributed by atoms with Gasteiger partial charge in [0.05, 0.1) is 5.69 Å². The lowest BCUT2D eigenvalue weighted by molar-refractivity contribution is 0.235. The minimum atomic E-state index is -0.504. The third kappa shape index (κ3) is 3.19. The van der Waals surface area contributed by atoms with Crippen molar-refractivity contribution in [3.63, 3.8) is 0 Å². The lowest BCUT2D eigenvalue weighted by Gasteiger charge is -2.28. The van der Waals surface area contributed by atoms with Crippen LogP contribution in [-0.2, 0) is 25.9 Å². The van der Waals surface area contributed by atoms with Gasteiger partial charge in [-0.25, -0.2) is 4.98 Å². The molecule has 2 heterocycles. The highest BCUT2D eigenvalue weighted by Gasteiger charge is 2.26. The van der Waals surface area contributed by atoms with Crippen molar-refractivity contribution in [2.24, 2.45) is 5.92 Å². The highest BCUT2D eigenvalue weighted by atomic mass is 16.3. The number of hydrogen-bond donors (Lipinski definition) is 4. The molecule has 0 unspecified atom stereocenters. The van der Waals surface area contributed by atoms with Crippen molar-refractivity contribution in [2.75, 3.05) is 6.54 Å². The van der Waals surface area contributed by atoms with Gasteiger partial charge in [-0.1, -0.05) is 6.07 Å². The Hall–Kier alpha value is -2.54. The Morgan fingerprint density at radius 1 is 1.20 bits per heavy atom. The maximum atomic E-state index is 12.3. The van der Waals surface area contributed by atoms with Gasteiger partial charge in [0, 0.05) is 37.2 Å². The molecule has 0 saturated heterocycles. The first-order valence-corrected chi connectivity index (χ1v) is 8.57. The van der Waals surface area contributed by atoms with Gasteiger partial charge >= 0.3 is 0 Å². The second-order valence-corrected chi connectivity index (χ2v) is 6.99. The van der Waals surface area contributed by atoms with Gasteiger partial charge in [0.1, 0.15) is 5.82 Å². The molecule has 2 aliphatic rings. The number of H-pyrrole nitrogens is 1. The molecule has 0 amide bonds. The van der Waals surface area contributed by atoms with Crippen molar-refractivity contribution < 1.29 is 15.3 Å². The van der Waals surface area contributed by atoms with Crippen LogP contribution in [0.3, 0.4) is 0 Å². The number of aromatic nitrogens is 2. The Bertz CT molecular complexity index is 873. The average Bonchev–Trinajstić information content (AvgIpc) is 3.39. The average molecular weight is 343 g/mol. The summed E-state index contributed by atoms with van der Waals surface area (Å²) in [6, 6.07) is 2.95. The second kappa shape index (κ2) is 6.07. The largest absolute Gasteiger partial charge is 0.504 e. The number of fused-ring (bicyclic) bond motifs is 1. The predicted octanol–water partition coefficient (Wildman–Crippen LogP) is 1.40. The molecule has 1 aliphatic carbocycles. The van der Waals surface area contributed by atoms with Crippen LogP contribution >= 0.6 is 0 Å². The molecule has 1 saturated carbocycles. The zero-order valence-electron chi connectivity index (χ0n) is 13.8. The van der Waals surface area contributed by atoms with E-state index in [-0.39, 0.29) is 17.1 Å². The molecule has 0 atom stereocenters. The number of phenols is 3. The van der Waals surface area contributed by atoms with E-state index >= 15 is 0 Å². The van der Waals surface area contributed by atoms with Gasteiger partial charge in [-0.15, -0.1) is 0 Å². The third-order valence-electron chi connectivity index (χ3n) is 4.99. The zero-order chi connectivity index (χ0) is 17.6. The first kappa shape index (κ1) is 16.0. The Morgan fingerprint density at radius 3 is 2.76 bits per heavy atom. The van der Waals surface area contributed by atoms with E-state index in [0.717, 1.165) is 23.5 Å². The molecule has 1 aliphatic heterocycles. The number of hydrogen-bond acceptors (Lipinski definition) is 6. The van der Waals surface area contributed by atoms with E-state index in [9.17, 15) is 20.1 Å². The molecule has 7 nitrogen and oxygen atoms in total. The zero-order valence-corrected chi connectivity index (χ0v) is 13.8. The number of rotatable bonds is 4. The molecular formula is C18H21N3O4. The number of benzene rings is 1. The SMILES string of the molecule is O=c1[nH]c(CC2CC2)nc2c1CCN(Cc1ccc(O)c(O)c1O)C2. The number of nitrogens with zero attached hydrogens (tertiary/aromatic N) is 2. The summed E-state index contributed by atoms with van der Waals surface area (Å²) < 4.78 is 0. The predicted molar refractivity (Wildman–Crippen MR) is 90.5 cm³/mol. The summed E-state index contributed by atoms with van der Waals surface area (Å²) in [5.41, 5.74) is 2.04. The minimum absolute atomic E-state index is 0.0366. The molecule has 0 bridgehead atoms. The van der Waals surface area contributed by atoms with Crippen LogP contribution in [0.4, 0.5) is 0 Å². The molecule has 4 rings (SSSR count). The topological polar surface area (TPSA) is 110 Å². The van der Waals surface area contributed by atoms with Gasteiger partial charge in [0.25, 0.3) is 5.56 Å². The van der Waals surface area contributed by atoms with Crippen LogP contribution in [0.15, 0.2) is 16.9 Å². The van der Waals surface area contributed by atoms with Gasteiger partial charge in [-0.2, -0.15) is 0 Å². The Labute approximate surface area is 144 Å². The van der Waals surface area contributed by atoms with E-state index in [1.807, 2.05) is 0 Å².